The maximum absolute atomic E-state index is 12.6. The Kier molecular flexibility index (Phi) is 8.80. The van der Waals surface area contributed by atoms with E-state index in [-0.39, 0.29) is 18.3 Å². The number of nitrogens with one attached hydrogen (secondary N) is 1. The minimum absolute atomic E-state index is 0.0860. The number of thioether (sulfide) groups is 1. The summed E-state index contributed by atoms with van der Waals surface area (Å²) >= 11 is 4.85. The van der Waals surface area contributed by atoms with Crippen LogP contribution < -0.4 is 14.8 Å². The van der Waals surface area contributed by atoms with Crippen LogP contribution in [0.15, 0.2) is 46.0 Å². The number of ether oxygens (including phenoxy) is 2. The molecule has 0 aliphatic rings. The topological polar surface area (TPSA) is 78.3 Å². The Labute approximate surface area is 207 Å². The van der Waals surface area contributed by atoms with E-state index in [0.29, 0.717) is 34.9 Å². The fourth-order valence-electron chi connectivity index (χ4n) is 3.33. The number of hydrogen-bond donors (Lipinski definition) is 1. The third kappa shape index (κ3) is 6.51. The number of aromatic nitrogens is 3. The van der Waals surface area contributed by atoms with E-state index >= 15 is 0 Å². The highest BCUT2D eigenvalue weighted by Gasteiger charge is 2.16. The third-order valence-corrected chi connectivity index (χ3v) is 6.49. The summed E-state index contributed by atoms with van der Waals surface area (Å²) in [6, 6.07) is 11.7. The number of halogens is 1. The summed E-state index contributed by atoms with van der Waals surface area (Å²) in [5, 5.41) is 12.2. The summed E-state index contributed by atoms with van der Waals surface area (Å²) in [4.78, 5) is 12.6. The zero-order valence-electron chi connectivity index (χ0n) is 19.5. The van der Waals surface area contributed by atoms with Crippen molar-refractivity contribution in [2.45, 2.75) is 51.9 Å². The van der Waals surface area contributed by atoms with Crippen LogP contribution in [-0.4, -0.2) is 33.5 Å². The van der Waals surface area contributed by atoms with Gasteiger partial charge in [-0.15, -0.1) is 10.2 Å². The molecule has 0 saturated heterocycles. The number of carbonyl (C=O) groups excluding carboxylic acids is 1. The van der Waals surface area contributed by atoms with Gasteiger partial charge in [0.05, 0.1) is 12.9 Å². The number of rotatable bonds is 10. The molecule has 0 aliphatic heterocycles. The van der Waals surface area contributed by atoms with Crippen LogP contribution in [0.2, 0.25) is 0 Å². The molecule has 2 aromatic carbocycles. The lowest BCUT2D eigenvalue weighted by Gasteiger charge is -2.14. The molecule has 9 heteroatoms. The summed E-state index contributed by atoms with van der Waals surface area (Å²) in [6.07, 6.45) is 0. The van der Waals surface area contributed by atoms with Gasteiger partial charge >= 0.3 is 0 Å². The Bertz CT molecular complexity index is 1120. The van der Waals surface area contributed by atoms with Crippen molar-refractivity contribution in [1.29, 1.82) is 0 Å². The summed E-state index contributed by atoms with van der Waals surface area (Å²) in [5.74, 6) is 2.46. The van der Waals surface area contributed by atoms with Gasteiger partial charge in [0.2, 0.25) is 5.91 Å². The molecule has 1 amide bonds. The number of nitrogens with zero attached hydrogens (tertiary/aromatic N) is 3. The van der Waals surface area contributed by atoms with Gasteiger partial charge in [-0.05, 0) is 61.2 Å². The van der Waals surface area contributed by atoms with Crippen LogP contribution in [-0.2, 0) is 17.9 Å². The Balaban J connectivity index is 1.63. The highest BCUT2D eigenvalue weighted by molar-refractivity contribution is 9.10. The van der Waals surface area contributed by atoms with E-state index in [9.17, 15) is 4.79 Å². The Hall–Kier alpha value is -2.52. The van der Waals surface area contributed by atoms with Crippen LogP contribution >= 0.6 is 27.7 Å². The molecule has 7 nitrogen and oxygen atoms in total. The van der Waals surface area contributed by atoms with Crippen LogP contribution in [0.1, 0.15) is 43.6 Å². The molecule has 1 N–H and O–H groups in total. The second kappa shape index (κ2) is 11.6. The summed E-state index contributed by atoms with van der Waals surface area (Å²) < 4.78 is 14.3. The summed E-state index contributed by atoms with van der Waals surface area (Å²) in [6.45, 7) is 9.15. The highest BCUT2D eigenvalue weighted by atomic mass is 79.9. The Morgan fingerprint density at radius 3 is 2.67 bits per heavy atom. The molecule has 0 bridgehead atoms. The maximum Gasteiger partial charge on any atom is 0.234 e. The minimum atomic E-state index is -0.0860. The first kappa shape index (κ1) is 25.1. The number of methoxy groups -OCH3 is 1. The van der Waals surface area contributed by atoms with Gasteiger partial charge in [-0.3, -0.25) is 4.79 Å². The van der Waals surface area contributed by atoms with Gasteiger partial charge in [0.1, 0.15) is 6.61 Å². The van der Waals surface area contributed by atoms with E-state index in [2.05, 4.69) is 45.3 Å². The average molecular weight is 533 g/mol. The van der Waals surface area contributed by atoms with Gasteiger partial charge in [-0.1, -0.05) is 47.6 Å². The van der Waals surface area contributed by atoms with E-state index in [1.165, 1.54) is 11.8 Å². The van der Waals surface area contributed by atoms with Crippen molar-refractivity contribution in [2.24, 2.45) is 0 Å². The molecule has 33 heavy (non-hydrogen) atoms. The number of carbonyl (C=O) groups is 1. The fraction of sp³-hybridized carbons (Fsp3) is 0.375. The highest BCUT2D eigenvalue weighted by Crippen LogP contribution is 2.30. The van der Waals surface area contributed by atoms with E-state index < -0.39 is 0 Å². The molecule has 3 rings (SSSR count). The normalized spacial score (nSPS) is 11.0. The van der Waals surface area contributed by atoms with E-state index in [1.54, 1.807) is 7.11 Å². The van der Waals surface area contributed by atoms with Gasteiger partial charge in [0, 0.05) is 16.7 Å². The molecule has 0 radical (unpaired) electrons. The molecule has 0 fully saturated rings. The van der Waals surface area contributed by atoms with Gasteiger partial charge in [0.15, 0.2) is 22.5 Å². The fourth-order valence-corrected chi connectivity index (χ4v) is 4.53. The van der Waals surface area contributed by atoms with E-state index in [1.807, 2.05) is 54.8 Å². The van der Waals surface area contributed by atoms with Gasteiger partial charge < -0.3 is 19.4 Å². The number of amides is 1. The first-order valence-electron chi connectivity index (χ1n) is 10.7. The lowest BCUT2D eigenvalue weighted by molar-refractivity contribution is -0.113. The molecule has 1 heterocycles. The number of hydrogen-bond acceptors (Lipinski definition) is 6. The van der Waals surface area contributed by atoms with E-state index in [0.717, 1.165) is 21.3 Å². The van der Waals surface area contributed by atoms with Crippen molar-refractivity contribution < 1.29 is 14.3 Å². The molecule has 0 unspecified atom stereocenters. The van der Waals surface area contributed by atoms with Gasteiger partial charge in [-0.25, -0.2) is 0 Å². The number of anilines is 1. The van der Waals surface area contributed by atoms with Gasteiger partial charge in [-0.2, -0.15) is 0 Å². The molecular weight excluding hydrogens is 504 g/mol. The lowest BCUT2D eigenvalue weighted by Crippen LogP contribution is -2.16. The molecule has 3 aromatic rings. The van der Waals surface area contributed by atoms with Crippen molar-refractivity contribution in [3.63, 3.8) is 0 Å². The first-order chi connectivity index (χ1) is 15.8. The second-order valence-electron chi connectivity index (χ2n) is 7.81. The average Bonchev–Trinajstić information content (AvgIpc) is 3.19. The van der Waals surface area contributed by atoms with Crippen LogP contribution in [0.25, 0.3) is 0 Å². The number of benzene rings is 2. The molecular formula is C24H29BrN4O3S. The lowest BCUT2D eigenvalue weighted by atomic mass is 10.0. The quantitative estimate of drug-likeness (QED) is 0.332. The zero-order valence-corrected chi connectivity index (χ0v) is 21.9. The van der Waals surface area contributed by atoms with Crippen molar-refractivity contribution in [3.8, 4) is 11.5 Å². The smallest absolute Gasteiger partial charge is 0.234 e. The molecule has 0 saturated carbocycles. The zero-order chi connectivity index (χ0) is 24.0. The second-order valence-corrected chi connectivity index (χ2v) is 9.67. The van der Waals surface area contributed by atoms with E-state index in [4.69, 9.17) is 9.47 Å². The van der Waals surface area contributed by atoms with Gasteiger partial charge in [0.25, 0.3) is 0 Å². The first-order valence-corrected chi connectivity index (χ1v) is 12.5. The summed E-state index contributed by atoms with van der Waals surface area (Å²) in [5.41, 5.74) is 3.01. The SMILES string of the molecule is CCn1c(COc2ccc(C)cc2OC)nnc1SCC(=O)Nc1ccc(Br)cc1C(C)C. The van der Waals surface area contributed by atoms with Crippen molar-refractivity contribution in [2.75, 3.05) is 18.2 Å². The van der Waals surface area contributed by atoms with Crippen LogP contribution in [0.4, 0.5) is 5.69 Å². The maximum atomic E-state index is 12.6. The predicted octanol–water partition coefficient (Wildman–Crippen LogP) is 5.81. The van der Waals surface area contributed by atoms with Crippen molar-refractivity contribution >= 4 is 39.3 Å². The minimum Gasteiger partial charge on any atom is -0.493 e. The van der Waals surface area contributed by atoms with Crippen molar-refractivity contribution in [3.05, 3.63) is 57.8 Å². The molecule has 0 spiro atoms. The monoisotopic (exact) mass is 532 g/mol. The van der Waals surface area contributed by atoms with Crippen LogP contribution in [0.3, 0.4) is 0 Å². The van der Waals surface area contributed by atoms with Crippen LogP contribution in [0.5, 0.6) is 11.5 Å². The number of aryl methyl sites for hydroxylation is 1. The summed E-state index contributed by atoms with van der Waals surface area (Å²) in [7, 11) is 1.62. The standard InChI is InChI=1S/C24H29BrN4O3S/c1-6-29-22(13-32-20-10-7-16(4)11-21(20)31-5)27-28-24(29)33-14-23(30)26-19-9-8-17(25)12-18(19)15(2)3/h7-12,15H,6,13-14H2,1-5H3,(H,26,30). The molecule has 176 valence electrons. The predicted molar refractivity (Wildman–Crippen MR) is 135 cm³/mol. The molecule has 0 aliphatic carbocycles. The molecule has 0 atom stereocenters. The molecule has 1 aromatic heterocycles. The Morgan fingerprint density at radius 2 is 1.97 bits per heavy atom. The third-order valence-electron chi connectivity index (χ3n) is 5.03. The van der Waals surface area contributed by atoms with Crippen molar-refractivity contribution in [1.82, 2.24) is 14.8 Å². The van der Waals surface area contributed by atoms with Crippen LogP contribution in [0, 0.1) is 6.92 Å². The largest absolute Gasteiger partial charge is 0.493 e. The Morgan fingerprint density at radius 1 is 1.18 bits per heavy atom.